The Hall–Kier alpha value is -1.38. The third-order valence-corrected chi connectivity index (χ3v) is 4.33. The van der Waals surface area contributed by atoms with Gasteiger partial charge in [-0.15, -0.1) is 0 Å². The molecule has 5 atom stereocenters. The summed E-state index contributed by atoms with van der Waals surface area (Å²) in [5, 5.41) is 39.4. The Bertz CT molecular complexity index is 547. The maximum atomic E-state index is 10.3. The third-order valence-electron chi connectivity index (χ3n) is 4.33. The first-order chi connectivity index (χ1) is 10.5. The fourth-order valence-corrected chi connectivity index (χ4v) is 3.02. The van der Waals surface area contributed by atoms with Gasteiger partial charge < -0.3 is 34.6 Å². The Morgan fingerprint density at radius 1 is 1.27 bits per heavy atom. The molecule has 0 unspecified atom stereocenters. The number of aliphatic hydroxyl groups excluding tert-OH is 4. The number of hydrogen-bond acceptors (Lipinski definition) is 7. The lowest BCUT2D eigenvalue weighted by Gasteiger charge is -2.49. The Balaban J connectivity index is 1.90. The predicted octanol–water partition coefficient (Wildman–Crippen LogP) is -0.810. The van der Waals surface area contributed by atoms with Crippen molar-refractivity contribution in [3.63, 3.8) is 0 Å². The second kappa shape index (κ2) is 5.68. The van der Waals surface area contributed by atoms with Gasteiger partial charge in [0.15, 0.2) is 0 Å². The summed E-state index contributed by atoms with van der Waals surface area (Å²) in [6.07, 6.45) is -4.42. The highest BCUT2D eigenvalue weighted by Gasteiger charge is 2.56. The van der Waals surface area contributed by atoms with Crippen molar-refractivity contribution >= 4 is 0 Å². The first kappa shape index (κ1) is 15.5. The van der Waals surface area contributed by atoms with E-state index in [0.717, 1.165) is 5.56 Å². The van der Waals surface area contributed by atoms with Crippen LogP contribution in [0.3, 0.4) is 0 Å². The Morgan fingerprint density at radius 2 is 2.05 bits per heavy atom. The van der Waals surface area contributed by atoms with Gasteiger partial charge in [-0.05, 0) is 30.2 Å². The van der Waals surface area contributed by atoms with E-state index in [-0.39, 0.29) is 6.42 Å². The SMILES string of the molecule is COc1ccc2c(c1)CC[C@]1(O2)O[C@H](CO)[C@@H](O)[C@H](O)[C@@H]1O. The molecular formula is C15H20O7. The van der Waals surface area contributed by atoms with Crippen molar-refractivity contribution in [2.24, 2.45) is 0 Å². The summed E-state index contributed by atoms with van der Waals surface area (Å²) >= 11 is 0. The summed E-state index contributed by atoms with van der Waals surface area (Å²) in [7, 11) is 1.57. The van der Waals surface area contributed by atoms with Crippen molar-refractivity contribution in [3.8, 4) is 11.5 Å². The number of fused-ring (bicyclic) bond motifs is 1. The molecule has 1 aromatic carbocycles. The molecule has 22 heavy (non-hydrogen) atoms. The molecule has 1 spiro atoms. The van der Waals surface area contributed by atoms with E-state index in [1.54, 1.807) is 19.2 Å². The van der Waals surface area contributed by atoms with Crippen LogP contribution in [0.5, 0.6) is 11.5 Å². The van der Waals surface area contributed by atoms with Gasteiger partial charge in [-0.3, -0.25) is 0 Å². The molecule has 122 valence electrons. The van der Waals surface area contributed by atoms with Crippen molar-refractivity contribution in [2.75, 3.05) is 13.7 Å². The van der Waals surface area contributed by atoms with Crippen LogP contribution in [0.1, 0.15) is 12.0 Å². The van der Waals surface area contributed by atoms with Crippen LogP contribution < -0.4 is 9.47 Å². The van der Waals surface area contributed by atoms with Gasteiger partial charge in [0.25, 0.3) is 0 Å². The van der Waals surface area contributed by atoms with Crippen LogP contribution in [-0.4, -0.2) is 64.3 Å². The minimum Gasteiger partial charge on any atom is -0.497 e. The standard InChI is InChI=1S/C15H20O7/c1-20-9-2-3-10-8(6-9)4-5-15(21-10)14(19)13(18)12(17)11(7-16)22-15/h2-3,6,11-14,16-19H,4-5,7H2,1H3/t11-,12-,13+,14+,15+/m1/s1. The topological polar surface area (TPSA) is 109 Å². The van der Waals surface area contributed by atoms with Crippen molar-refractivity contribution in [1.29, 1.82) is 0 Å². The number of ether oxygens (including phenoxy) is 3. The highest BCUT2D eigenvalue weighted by molar-refractivity contribution is 5.42. The van der Waals surface area contributed by atoms with Gasteiger partial charge in [-0.2, -0.15) is 0 Å². The van der Waals surface area contributed by atoms with E-state index in [1.807, 2.05) is 6.07 Å². The molecule has 7 heteroatoms. The average molecular weight is 312 g/mol. The zero-order valence-corrected chi connectivity index (χ0v) is 12.2. The van der Waals surface area contributed by atoms with E-state index in [9.17, 15) is 20.4 Å². The molecule has 0 radical (unpaired) electrons. The molecule has 7 nitrogen and oxygen atoms in total. The zero-order valence-electron chi connectivity index (χ0n) is 12.2. The lowest BCUT2D eigenvalue weighted by molar-refractivity contribution is -0.342. The average Bonchev–Trinajstić information content (AvgIpc) is 2.56. The minimum atomic E-state index is -1.48. The highest BCUT2D eigenvalue weighted by Crippen LogP contribution is 2.42. The number of rotatable bonds is 2. The first-order valence-corrected chi connectivity index (χ1v) is 7.19. The summed E-state index contributed by atoms with van der Waals surface area (Å²) in [5.41, 5.74) is 0.905. The maximum Gasteiger partial charge on any atom is 0.240 e. The Morgan fingerprint density at radius 3 is 2.73 bits per heavy atom. The van der Waals surface area contributed by atoms with Crippen LogP contribution in [0.4, 0.5) is 0 Å². The zero-order chi connectivity index (χ0) is 15.9. The highest BCUT2D eigenvalue weighted by atomic mass is 16.7. The molecule has 0 bridgehead atoms. The molecular weight excluding hydrogens is 292 g/mol. The van der Waals surface area contributed by atoms with Crippen molar-refractivity contribution in [2.45, 2.75) is 43.0 Å². The van der Waals surface area contributed by atoms with E-state index < -0.39 is 36.8 Å². The van der Waals surface area contributed by atoms with Gasteiger partial charge in [-0.25, -0.2) is 0 Å². The van der Waals surface area contributed by atoms with Crippen LogP contribution in [-0.2, 0) is 11.2 Å². The van der Waals surface area contributed by atoms with Gasteiger partial charge in [0.1, 0.15) is 35.9 Å². The van der Waals surface area contributed by atoms with Crippen molar-refractivity contribution in [3.05, 3.63) is 23.8 Å². The second-order valence-electron chi connectivity index (χ2n) is 5.65. The van der Waals surface area contributed by atoms with Crippen LogP contribution in [0, 0.1) is 0 Å². The number of methoxy groups -OCH3 is 1. The molecule has 2 aliphatic rings. The lowest BCUT2D eigenvalue weighted by Crippen LogP contribution is -2.68. The second-order valence-corrected chi connectivity index (χ2v) is 5.65. The maximum absolute atomic E-state index is 10.3. The fraction of sp³-hybridized carbons (Fsp3) is 0.600. The number of aliphatic hydroxyl groups is 4. The molecule has 4 N–H and O–H groups in total. The minimum absolute atomic E-state index is 0.286. The summed E-state index contributed by atoms with van der Waals surface area (Å²) in [4.78, 5) is 0. The molecule has 1 fully saturated rings. The van der Waals surface area contributed by atoms with E-state index in [4.69, 9.17) is 14.2 Å². The normalized spacial score (nSPS) is 37.5. The Kier molecular flexibility index (Phi) is 4.00. The number of benzene rings is 1. The smallest absolute Gasteiger partial charge is 0.240 e. The van der Waals surface area contributed by atoms with Crippen molar-refractivity contribution < 1.29 is 34.6 Å². The van der Waals surface area contributed by atoms with E-state index in [0.29, 0.717) is 17.9 Å². The molecule has 1 saturated heterocycles. The van der Waals surface area contributed by atoms with Crippen LogP contribution in [0.15, 0.2) is 18.2 Å². The van der Waals surface area contributed by atoms with Crippen LogP contribution in [0.25, 0.3) is 0 Å². The molecule has 0 aliphatic carbocycles. The quantitative estimate of drug-likeness (QED) is 0.565. The van der Waals surface area contributed by atoms with Gasteiger partial charge in [0.2, 0.25) is 5.79 Å². The molecule has 0 aromatic heterocycles. The largest absolute Gasteiger partial charge is 0.497 e. The number of aryl methyl sites for hydroxylation is 1. The Labute approximate surface area is 127 Å². The molecule has 1 aromatic rings. The summed E-state index contributed by atoms with van der Waals surface area (Å²) in [6.45, 7) is -0.481. The fourth-order valence-electron chi connectivity index (χ4n) is 3.02. The van der Waals surface area contributed by atoms with Crippen LogP contribution >= 0.6 is 0 Å². The van der Waals surface area contributed by atoms with Crippen LogP contribution in [0.2, 0.25) is 0 Å². The third kappa shape index (κ3) is 2.35. The van der Waals surface area contributed by atoms with Gasteiger partial charge in [0.05, 0.1) is 13.7 Å². The van der Waals surface area contributed by atoms with Gasteiger partial charge in [-0.1, -0.05) is 0 Å². The van der Waals surface area contributed by atoms with E-state index in [1.165, 1.54) is 0 Å². The first-order valence-electron chi connectivity index (χ1n) is 7.19. The molecule has 0 saturated carbocycles. The number of hydrogen-bond donors (Lipinski definition) is 4. The van der Waals surface area contributed by atoms with E-state index in [2.05, 4.69) is 0 Å². The summed E-state index contributed by atoms with van der Waals surface area (Å²) < 4.78 is 16.6. The molecule has 3 rings (SSSR count). The molecule has 0 amide bonds. The van der Waals surface area contributed by atoms with Gasteiger partial charge >= 0.3 is 0 Å². The summed E-state index contributed by atoms with van der Waals surface area (Å²) in [5.74, 6) is -0.258. The predicted molar refractivity (Wildman–Crippen MR) is 74.7 cm³/mol. The molecule has 2 aliphatic heterocycles. The van der Waals surface area contributed by atoms with Crippen molar-refractivity contribution in [1.82, 2.24) is 0 Å². The monoisotopic (exact) mass is 312 g/mol. The summed E-state index contributed by atoms with van der Waals surface area (Å²) in [6, 6.07) is 5.27. The van der Waals surface area contributed by atoms with Gasteiger partial charge in [0, 0.05) is 6.42 Å². The molecule has 2 heterocycles. The lowest BCUT2D eigenvalue weighted by atomic mass is 9.87. The van der Waals surface area contributed by atoms with E-state index >= 15 is 0 Å².